The van der Waals surface area contributed by atoms with E-state index in [0.29, 0.717) is 19.4 Å². The van der Waals surface area contributed by atoms with Gasteiger partial charge in [0.1, 0.15) is 0 Å². The van der Waals surface area contributed by atoms with Crippen LogP contribution in [-0.2, 0) is 4.79 Å². The van der Waals surface area contributed by atoms with Crippen LogP contribution in [0.1, 0.15) is 26.7 Å². The molecular weight excluding hydrogens is 182 g/mol. The second kappa shape index (κ2) is 6.37. The minimum atomic E-state index is -0.547. The number of hydrogen-bond donors (Lipinski definition) is 3. The van der Waals surface area contributed by atoms with Crippen LogP contribution in [0.25, 0.3) is 0 Å². The number of urea groups is 1. The van der Waals surface area contributed by atoms with Crippen LogP contribution < -0.4 is 16.8 Å². The van der Waals surface area contributed by atoms with Gasteiger partial charge in [0, 0.05) is 12.5 Å². The summed E-state index contributed by atoms with van der Waals surface area (Å²) in [6.07, 6.45) is 1.25. The molecule has 0 aliphatic carbocycles. The van der Waals surface area contributed by atoms with Crippen LogP contribution in [0.3, 0.4) is 0 Å². The topological polar surface area (TPSA) is 98.2 Å². The Morgan fingerprint density at radius 2 is 1.93 bits per heavy atom. The molecule has 5 N–H and O–H groups in total. The molecule has 5 nitrogen and oxygen atoms in total. The summed E-state index contributed by atoms with van der Waals surface area (Å²) in [5.74, 6) is 0.0261. The molecule has 1 unspecified atom stereocenters. The molecular formula is C9H19N3O2. The highest BCUT2D eigenvalue weighted by Gasteiger charge is 2.15. The summed E-state index contributed by atoms with van der Waals surface area (Å²) in [4.78, 5) is 21.6. The number of carbonyl (C=O) groups is 2. The Bertz CT molecular complexity index is 204. The number of Topliss-reactive ketones (excluding diaryl/α,β-unsaturated/α-hetero) is 1. The van der Waals surface area contributed by atoms with Gasteiger partial charge in [-0.1, -0.05) is 13.8 Å². The van der Waals surface area contributed by atoms with E-state index >= 15 is 0 Å². The molecule has 0 aliphatic rings. The van der Waals surface area contributed by atoms with Gasteiger partial charge in [0.05, 0.1) is 6.04 Å². The van der Waals surface area contributed by atoms with Crippen molar-refractivity contribution in [3.8, 4) is 0 Å². The van der Waals surface area contributed by atoms with Crippen LogP contribution in [0.2, 0.25) is 0 Å². The summed E-state index contributed by atoms with van der Waals surface area (Å²) in [6.45, 7) is 4.11. The number of nitrogens with two attached hydrogens (primary N) is 2. The molecule has 0 rings (SSSR count). The highest BCUT2D eigenvalue weighted by Crippen LogP contribution is 2.02. The SMILES string of the molecule is CC(C)C(=O)C(N)CCCNC(N)=O. The lowest BCUT2D eigenvalue weighted by atomic mass is 9.99. The Morgan fingerprint density at radius 1 is 1.36 bits per heavy atom. The maximum Gasteiger partial charge on any atom is 0.312 e. The molecule has 0 aromatic rings. The van der Waals surface area contributed by atoms with Crippen molar-refractivity contribution in [2.75, 3.05) is 6.54 Å². The van der Waals surface area contributed by atoms with Gasteiger partial charge in [-0.2, -0.15) is 0 Å². The normalized spacial score (nSPS) is 12.6. The second-order valence-electron chi connectivity index (χ2n) is 3.60. The van der Waals surface area contributed by atoms with Crippen LogP contribution in [0.5, 0.6) is 0 Å². The largest absolute Gasteiger partial charge is 0.352 e. The van der Waals surface area contributed by atoms with Crippen LogP contribution in [0.4, 0.5) is 4.79 Å². The molecule has 5 heteroatoms. The fraction of sp³-hybridized carbons (Fsp3) is 0.778. The van der Waals surface area contributed by atoms with E-state index in [4.69, 9.17) is 11.5 Å². The van der Waals surface area contributed by atoms with Gasteiger partial charge in [-0.25, -0.2) is 4.79 Å². The van der Waals surface area contributed by atoms with Crippen LogP contribution >= 0.6 is 0 Å². The Labute approximate surface area is 84.2 Å². The van der Waals surface area contributed by atoms with Gasteiger partial charge in [0.25, 0.3) is 0 Å². The monoisotopic (exact) mass is 201 g/mol. The van der Waals surface area contributed by atoms with E-state index in [1.807, 2.05) is 13.8 Å². The summed E-state index contributed by atoms with van der Waals surface area (Å²) >= 11 is 0. The maximum atomic E-state index is 11.3. The second-order valence-corrected chi connectivity index (χ2v) is 3.60. The van der Waals surface area contributed by atoms with E-state index in [-0.39, 0.29) is 11.7 Å². The van der Waals surface area contributed by atoms with Crippen molar-refractivity contribution in [2.24, 2.45) is 17.4 Å². The maximum absolute atomic E-state index is 11.3. The Balaban J connectivity index is 3.59. The molecule has 2 amide bonds. The predicted octanol–water partition coefficient (Wildman–Crippen LogP) is -0.0127. The van der Waals surface area contributed by atoms with Gasteiger partial charge < -0.3 is 16.8 Å². The summed E-state index contributed by atoms with van der Waals surface area (Å²) in [6, 6.07) is -0.974. The van der Waals surface area contributed by atoms with Crippen LogP contribution in [-0.4, -0.2) is 24.4 Å². The highest BCUT2D eigenvalue weighted by atomic mass is 16.2. The van der Waals surface area contributed by atoms with Crippen molar-refractivity contribution in [3.05, 3.63) is 0 Å². The molecule has 0 radical (unpaired) electrons. The van der Waals surface area contributed by atoms with Crippen LogP contribution in [0.15, 0.2) is 0 Å². The first-order valence-electron chi connectivity index (χ1n) is 4.77. The minimum absolute atomic E-state index is 0.0332. The van der Waals surface area contributed by atoms with E-state index in [0.717, 1.165) is 0 Å². The molecule has 0 aliphatic heterocycles. The first-order valence-corrected chi connectivity index (χ1v) is 4.77. The number of hydrogen-bond acceptors (Lipinski definition) is 3. The predicted molar refractivity (Wildman–Crippen MR) is 54.6 cm³/mol. The Morgan fingerprint density at radius 3 is 2.36 bits per heavy atom. The quantitative estimate of drug-likeness (QED) is 0.527. The van der Waals surface area contributed by atoms with Crippen molar-refractivity contribution in [1.82, 2.24) is 5.32 Å². The van der Waals surface area contributed by atoms with Gasteiger partial charge in [-0.3, -0.25) is 4.79 Å². The summed E-state index contributed by atoms with van der Waals surface area (Å²) in [7, 11) is 0. The zero-order chi connectivity index (χ0) is 11.1. The van der Waals surface area contributed by atoms with Gasteiger partial charge >= 0.3 is 6.03 Å². The third-order valence-corrected chi connectivity index (χ3v) is 1.93. The number of carbonyl (C=O) groups excluding carboxylic acids is 2. The lowest BCUT2D eigenvalue weighted by Gasteiger charge is -2.12. The summed E-state index contributed by atoms with van der Waals surface area (Å²) in [5, 5.41) is 2.44. The molecule has 0 heterocycles. The lowest BCUT2D eigenvalue weighted by molar-refractivity contribution is -0.123. The van der Waals surface area contributed by atoms with Crippen LogP contribution in [0, 0.1) is 5.92 Å². The van der Waals surface area contributed by atoms with Crippen molar-refractivity contribution in [1.29, 1.82) is 0 Å². The van der Waals surface area contributed by atoms with Crippen molar-refractivity contribution in [2.45, 2.75) is 32.7 Å². The molecule has 0 spiro atoms. The van der Waals surface area contributed by atoms with E-state index in [1.165, 1.54) is 0 Å². The Hall–Kier alpha value is -1.10. The fourth-order valence-electron chi connectivity index (χ4n) is 1.10. The number of ketones is 1. The average Bonchev–Trinajstić information content (AvgIpc) is 2.10. The van der Waals surface area contributed by atoms with Crippen molar-refractivity contribution < 1.29 is 9.59 Å². The van der Waals surface area contributed by atoms with E-state index in [2.05, 4.69) is 5.32 Å². The summed E-state index contributed by atoms with van der Waals surface area (Å²) < 4.78 is 0. The molecule has 0 fully saturated rings. The van der Waals surface area contributed by atoms with Gasteiger partial charge in [0.2, 0.25) is 0 Å². The molecule has 82 valence electrons. The first kappa shape index (κ1) is 12.9. The molecule has 0 bridgehead atoms. The minimum Gasteiger partial charge on any atom is -0.352 e. The van der Waals surface area contributed by atoms with Gasteiger partial charge in [-0.15, -0.1) is 0 Å². The number of amides is 2. The van der Waals surface area contributed by atoms with Gasteiger partial charge in [0.15, 0.2) is 5.78 Å². The average molecular weight is 201 g/mol. The molecule has 1 atom stereocenters. The number of primary amides is 1. The van der Waals surface area contributed by atoms with Gasteiger partial charge in [-0.05, 0) is 12.8 Å². The van der Waals surface area contributed by atoms with Crippen molar-refractivity contribution >= 4 is 11.8 Å². The van der Waals surface area contributed by atoms with E-state index in [1.54, 1.807) is 0 Å². The molecule has 0 saturated heterocycles. The lowest BCUT2D eigenvalue weighted by Crippen LogP contribution is -2.35. The third-order valence-electron chi connectivity index (χ3n) is 1.93. The van der Waals surface area contributed by atoms with E-state index in [9.17, 15) is 9.59 Å². The number of nitrogens with one attached hydrogen (secondary N) is 1. The van der Waals surface area contributed by atoms with E-state index < -0.39 is 12.1 Å². The third kappa shape index (κ3) is 5.53. The summed E-state index contributed by atoms with van der Waals surface area (Å²) in [5.41, 5.74) is 10.5. The van der Waals surface area contributed by atoms with Crippen molar-refractivity contribution in [3.63, 3.8) is 0 Å². The molecule has 0 saturated carbocycles. The fourth-order valence-corrected chi connectivity index (χ4v) is 1.10. The molecule has 0 aromatic carbocycles. The zero-order valence-corrected chi connectivity index (χ0v) is 8.75. The Kier molecular flexibility index (Phi) is 5.87. The highest BCUT2D eigenvalue weighted by molar-refractivity contribution is 5.85. The number of rotatable bonds is 6. The molecule has 14 heavy (non-hydrogen) atoms. The standard InChI is InChI=1S/C9H19N3O2/c1-6(2)8(13)7(10)4-3-5-12-9(11)14/h6-7H,3-5,10H2,1-2H3,(H3,11,12,14). The zero-order valence-electron chi connectivity index (χ0n) is 8.75. The smallest absolute Gasteiger partial charge is 0.312 e. The first-order chi connectivity index (χ1) is 6.45. The molecule has 0 aromatic heterocycles.